The third kappa shape index (κ3) is 3.07. The fraction of sp³-hybridized carbons (Fsp3) is 0.214. The summed E-state index contributed by atoms with van der Waals surface area (Å²) in [6.07, 6.45) is 0. The summed E-state index contributed by atoms with van der Waals surface area (Å²) < 4.78 is 14.3. The third-order valence-electron chi connectivity index (χ3n) is 3.16. The van der Waals surface area contributed by atoms with Gasteiger partial charge in [0.1, 0.15) is 5.82 Å². The molecular formula is C14H14FN3O3. The molecule has 0 aliphatic rings. The lowest BCUT2D eigenvalue weighted by atomic mass is 10.2. The Hall–Kier alpha value is -2.70. The quantitative estimate of drug-likeness (QED) is 0.641. The monoisotopic (exact) mass is 291 g/mol. The van der Waals surface area contributed by atoms with Crippen LogP contribution in [0.1, 0.15) is 16.1 Å². The molecule has 110 valence electrons. The standard InChI is InChI=1S/C14H14FN3O3/c1-16(9-10-4-3-5-11(15)8-10)14(19)12-6-7-13(17(12)2)18(20)21/h3-8H,9H2,1-2H3. The average Bonchev–Trinajstić information content (AvgIpc) is 2.79. The first-order valence-electron chi connectivity index (χ1n) is 6.20. The van der Waals surface area contributed by atoms with E-state index in [0.29, 0.717) is 5.56 Å². The van der Waals surface area contributed by atoms with Gasteiger partial charge in [-0.05, 0) is 28.7 Å². The lowest BCUT2D eigenvalue weighted by Crippen LogP contribution is -2.28. The van der Waals surface area contributed by atoms with Crippen molar-refractivity contribution in [2.75, 3.05) is 7.05 Å². The normalized spacial score (nSPS) is 10.4. The Balaban J connectivity index is 2.18. The topological polar surface area (TPSA) is 68.4 Å². The van der Waals surface area contributed by atoms with Crippen LogP contribution in [0, 0.1) is 15.9 Å². The number of hydrogen-bond donors (Lipinski definition) is 0. The first kappa shape index (κ1) is 14.7. The Kier molecular flexibility index (Phi) is 4.02. The SMILES string of the molecule is CN(Cc1cccc(F)c1)C(=O)c1ccc([N+](=O)[O-])n1C. The molecule has 0 saturated carbocycles. The maximum absolute atomic E-state index is 13.1. The molecule has 21 heavy (non-hydrogen) atoms. The summed E-state index contributed by atoms with van der Waals surface area (Å²) in [6.45, 7) is 0.218. The minimum atomic E-state index is -0.552. The van der Waals surface area contributed by atoms with Crippen LogP contribution in [0.25, 0.3) is 0 Å². The third-order valence-corrected chi connectivity index (χ3v) is 3.16. The van der Waals surface area contributed by atoms with Crippen LogP contribution in [-0.2, 0) is 13.6 Å². The van der Waals surface area contributed by atoms with E-state index in [1.165, 1.54) is 40.8 Å². The highest BCUT2D eigenvalue weighted by atomic mass is 19.1. The molecule has 1 aromatic heterocycles. The highest BCUT2D eigenvalue weighted by molar-refractivity contribution is 5.93. The number of carbonyl (C=O) groups excluding carboxylic acids is 1. The summed E-state index contributed by atoms with van der Waals surface area (Å²) in [7, 11) is 3.02. The number of hydrogen-bond acceptors (Lipinski definition) is 3. The van der Waals surface area contributed by atoms with Gasteiger partial charge in [-0.1, -0.05) is 12.1 Å². The van der Waals surface area contributed by atoms with Gasteiger partial charge in [0.15, 0.2) is 5.69 Å². The van der Waals surface area contributed by atoms with Crippen LogP contribution in [0.2, 0.25) is 0 Å². The van der Waals surface area contributed by atoms with Crippen LogP contribution >= 0.6 is 0 Å². The lowest BCUT2D eigenvalue weighted by Gasteiger charge is -2.16. The van der Waals surface area contributed by atoms with Gasteiger partial charge in [-0.15, -0.1) is 0 Å². The largest absolute Gasteiger partial charge is 0.358 e. The van der Waals surface area contributed by atoms with Crippen molar-refractivity contribution in [3.63, 3.8) is 0 Å². The van der Waals surface area contributed by atoms with Crippen molar-refractivity contribution in [1.29, 1.82) is 0 Å². The Morgan fingerprint density at radius 3 is 2.67 bits per heavy atom. The molecule has 1 aromatic carbocycles. The smallest absolute Gasteiger partial charge is 0.323 e. The van der Waals surface area contributed by atoms with E-state index < -0.39 is 4.92 Å². The van der Waals surface area contributed by atoms with Gasteiger partial charge in [0.05, 0.1) is 7.05 Å². The minimum absolute atomic E-state index is 0.155. The van der Waals surface area contributed by atoms with Crippen LogP contribution in [0.5, 0.6) is 0 Å². The van der Waals surface area contributed by atoms with Crippen molar-refractivity contribution in [3.8, 4) is 0 Å². The molecule has 0 unspecified atom stereocenters. The summed E-state index contributed by atoms with van der Waals surface area (Å²) in [6, 6.07) is 8.63. The van der Waals surface area contributed by atoms with Crippen LogP contribution in [-0.4, -0.2) is 27.3 Å². The number of nitro groups is 1. The van der Waals surface area contributed by atoms with E-state index in [-0.39, 0.29) is 29.8 Å². The fourth-order valence-corrected chi connectivity index (χ4v) is 2.08. The average molecular weight is 291 g/mol. The molecule has 6 nitrogen and oxygen atoms in total. The first-order valence-corrected chi connectivity index (χ1v) is 6.20. The Morgan fingerprint density at radius 1 is 1.38 bits per heavy atom. The molecule has 7 heteroatoms. The predicted octanol–water partition coefficient (Wildman–Crippen LogP) is 2.34. The number of nitrogens with zero attached hydrogens (tertiary/aromatic N) is 3. The highest BCUT2D eigenvalue weighted by Gasteiger charge is 2.23. The van der Waals surface area contributed by atoms with Crippen molar-refractivity contribution >= 4 is 11.7 Å². The molecule has 0 spiro atoms. The minimum Gasteiger partial charge on any atom is -0.358 e. The maximum Gasteiger partial charge on any atom is 0.323 e. The highest BCUT2D eigenvalue weighted by Crippen LogP contribution is 2.17. The van der Waals surface area contributed by atoms with Crippen molar-refractivity contribution in [1.82, 2.24) is 9.47 Å². The number of carbonyl (C=O) groups is 1. The van der Waals surface area contributed by atoms with E-state index in [9.17, 15) is 19.3 Å². The summed E-state index contributed by atoms with van der Waals surface area (Å²) in [5.74, 6) is -0.893. The van der Waals surface area contributed by atoms with E-state index in [1.54, 1.807) is 19.2 Å². The molecular weight excluding hydrogens is 277 g/mol. The van der Waals surface area contributed by atoms with Crippen molar-refractivity contribution in [2.24, 2.45) is 7.05 Å². The number of amides is 1. The Morgan fingerprint density at radius 2 is 2.10 bits per heavy atom. The molecule has 0 bridgehead atoms. The van der Waals surface area contributed by atoms with Crippen molar-refractivity contribution in [3.05, 3.63) is 63.6 Å². The molecule has 2 rings (SSSR count). The molecule has 1 heterocycles. The van der Waals surface area contributed by atoms with E-state index in [0.717, 1.165) is 0 Å². The van der Waals surface area contributed by atoms with Gasteiger partial charge >= 0.3 is 5.82 Å². The van der Waals surface area contributed by atoms with E-state index >= 15 is 0 Å². The Bertz CT molecular complexity index is 697. The second-order valence-electron chi connectivity index (χ2n) is 4.68. The van der Waals surface area contributed by atoms with E-state index in [1.807, 2.05) is 0 Å². The summed E-state index contributed by atoms with van der Waals surface area (Å²) in [5.41, 5.74) is 0.857. The molecule has 1 amide bonds. The predicted molar refractivity (Wildman–Crippen MR) is 74.3 cm³/mol. The maximum atomic E-state index is 13.1. The molecule has 0 aliphatic heterocycles. The molecule has 0 aliphatic carbocycles. The summed E-state index contributed by atoms with van der Waals surface area (Å²) >= 11 is 0. The molecule has 2 aromatic rings. The second-order valence-corrected chi connectivity index (χ2v) is 4.68. The van der Waals surface area contributed by atoms with E-state index in [2.05, 4.69) is 0 Å². The van der Waals surface area contributed by atoms with E-state index in [4.69, 9.17) is 0 Å². The Labute approximate surface area is 120 Å². The van der Waals surface area contributed by atoms with Gasteiger partial charge in [0.25, 0.3) is 5.91 Å². The van der Waals surface area contributed by atoms with Crippen molar-refractivity contribution in [2.45, 2.75) is 6.54 Å². The summed E-state index contributed by atoms with van der Waals surface area (Å²) in [4.78, 5) is 23.9. The number of halogens is 1. The number of benzene rings is 1. The zero-order valence-corrected chi connectivity index (χ0v) is 11.6. The van der Waals surface area contributed by atoms with Crippen LogP contribution in [0.3, 0.4) is 0 Å². The second kappa shape index (κ2) is 5.74. The van der Waals surface area contributed by atoms with Gasteiger partial charge in [0, 0.05) is 19.7 Å². The zero-order valence-electron chi connectivity index (χ0n) is 11.6. The number of rotatable bonds is 4. The van der Waals surface area contributed by atoms with Crippen LogP contribution in [0.4, 0.5) is 10.2 Å². The molecule has 0 atom stereocenters. The summed E-state index contributed by atoms with van der Waals surface area (Å²) in [5, 5.41) is 10.8. The van der Waals surface area contributed by atoms with Gasteiger partial charge in [-0.3, -0.25) is 4.79 Å². The van der Waals surface area contributed by atoms with Gasteiger partial charge in [-0.25, -0.2) is 8.96 Å². The molecule has 0 radical (unpaired) electrons. The van der Waals surface area contributed by atoms with Crippen LogP contribution < -0.4 is 0 Å². The molecule has 0 saturated heterocycles. The molecule has 0 fully saturated rings. The molecule has 0 N–H and O–H groups in total. The van der Waals surface area contributed by atoms with Crippen molar-refractivity contribution < 1.29 is 14.1 Å². The first-order chi connectivity index (χ1) is 9.90. The van der Waals surface area contributed by atoms with Crippen LogP contribution in [0.15, 0.2) is 36.4 Å². The lowest BCUT2D eigenvalue weighted by molar-refractivity contribution is -0.391. The fourth-order valence-electron chi connectivity index (χ4n) is 2.08. The number of aromatic nitrogens is 1. The van der Waals surface area contributed by atoms with Gasteiger partial charge in [0.2, 0.25) is 0 Å². The van der Waals surface area contributed by atoms with Gasteiger partial charge < -0.3 is 15.0 Å². The van der Waals surface area contributed by atoms with Gasteiger partial charge in [-0.2, -0.15) is 0 Å². The zero-order chi connectivity index (χ0) is 15.6.